The van der Waals surface area contributed by atoms with E-state index in [4.69, 9.17) is 0 Å². The van der Waals surface area contributed by atoms with Crippen molar-refractivity contribution >= 4 is 0 Å². The van der Waals surface area contributed by atoms with E-state index in [9.17, 15) is 0 Å². The van der Waals surface area contributed by atoms with Gasteiger partial charge in [-0.05, 0) is 18.4 Å². The van der Waals surface area contributed by atoms with Crippen LogP contribution in [0.4, 0.5) is 0 Å². The Kier molecular flexibility index (Phi) is 12.0. The molecule has 2 atom stereocenters. The molecule has 0 aromatic heterocycles. The Balaban J connectivity index is 3.37. The van der Waals surface area contributed by atoms with Crippen molar-refractivity contribution in [3.63, 3.8) is 0 Å². The van der Waals surface area contributed by atoms with Crippen molar-refractivity contribution in [2.45, 2.75) is 92.0 Å². The van der Waals surface area contributed by atoms with Crippen LogP contribution in [0.25, 0.3) is 0 Å². The van der Waals surface area contributed by atoms with Crippen molar-refractivity contribution < 1.29 is 0 Å². The number of hydrogen-bond acceptors (Lipinski definition) is 1. The molecule has 110 valence electrons. The molecule has 0 bridgehead atoms. The summed E-state index contributed by atoms with van der Waals surface area (Å²) >= 11 is 0. The van der Waals surface area contributed by atoms with Crippen molar-refractivity contribution in [3.05, 3.63) is 0 Å². The maximum absolute atomic E-state index is 3.55. The largest absolute Gasteiger partial charge is 0.314 e. The number of hydrogen-bond donors (Lipinski definition) is 1. The third kappa shape index (κ3) is 11.1. The molecule has 0 aliphatic carbocycles. The minimum atomic E-state index is 0.623. The Morgan fingerprint density at radius 1 is 0.722 bits per heavy atom. The summed E-state index contributed by atoms with van der Waals surface area (Å²) in [5.41, 5.74) is 0. The molecule has 0 radical (unpaired) electrons. The molecule has 0 heterocycles. The van der Waals surface area contributed by atoms with Gasteiger partial charge in [0.05, 0.1) is 0 Å². The maximum atomic E-state index is 3.55. The Morgan fingerprint density at radius 2 is 1.28 bits per heavy atom. The minimum absolute atomic E-state index is 0.623. The van der Waals surface area contributed by atoms with Crippen LogP contribution in [0.3, 0.4) is 0 Å². The van der Waals surface area contributed by atoms with Crippen LogP contribution in [-0.4, -0.2) is 12.6 Å². The second kappa shape index (κ2) is 12.0. The molecule has 0 rings (SSSR count). The van der Waals surface area contributed by atoms with Crippen LogP contribution in [0, 0.1) is 11.8 Å². The normalized spacial score (nSPS) is 15.0. The standard InChI is InChI=1S/C17H37N/c1-6-7-8-9-10-11-12-13-16(4)17(5)14-18-15(2)3/h15-18H,6-14H2,1-5H3. The van der Waals surface area contributed by atoms with Crippen molar-refractivity contribution in [3.8, 4) is 0 Å². The lowest BCUT2D eigenvalue weighted by molar-refractivity contribution is 0.328. The van der Waals surface area contributed by atoms with Gasteiger partial charge < -0.3 is 5.32 Å². The van der Waals surface area contributed by atoms with Gasteiger partial charge in [-0.25, -0.2) is 0 Å². The molecule has 0 amide bonds. The molecule has 0 aromatic carbocycles. The zero-order chi connectivity index (χ0) is 13.8. The Bertz CT molecular complexity index is 165. The van der Waals surface area contributed by atoms with Gasteiger partial charge in [-0.2, -0.15) is 0 Å². The first-order chi connectivity index (χ1) is 8.57. The van der Waals surface area contributed by atoms with Crippen LogP contribution >= 0.6 is 0 Å². The van der Waals surface area contributed by atoms with Gasteiger partial charge in [0.2, 0.25) is 0 Å². The fraction of sp³-hybridized carbons (Fsp3) is 1.00. The molecule has 2 unspecified atom stereocenters. The average Bonchev–Trinajstić information content (AvgIpc) is 2.34. The summed E-state index contributed by atoms with van der Waals surface area (Å²) in [5.74, 6) is 1.68. The van der Waals surface area contributed by atoms with Crippen LogP contribution < -0.4 is 5.32 Å². The van der Waals surface area contributed by atoms with Gasteiger partial charge in [0.25, 0.3) is 0 Å². The van der Waals surface area contributed by atoms with Crippen molar-refractivity contribution in [2.24, 2.45) is 11.8 Å². The lowest BCUT2D eigenvalue weighted by Crippen LogP contribution is -2.30. The zero-order valence-electron chi connectivity index (χ0n) is 13.6. The molecule has 0 saturated heterocycles. The van der Waals surface area contributed by atoms with Crippen LogP contribution in [0.15, 0.2) is 0 Å². The van der Waals surface area contributed by atoms with Gasteiger partial charge in [0.15, 0.2) is 0 Å². The molecular formula is C17H37N. The van der Waals surface area contributed by atoms with Gasteiger partial charge >= 0.3 is 0 Å². The summed E-state index contributed by atoms with van der Waals surface area (Å²) in [6.07, 6.45) is 11.4. The Hall–Kier alpha value is -0.0400. The molecule has 0 spiro atoms. The van der Waals surface area contributed by atoms with Gasteiger partial charge in [-0.3, -0.25) is 0 Å². The second-order valence-corrected chi connectivity index (χ2v) is 6.43. The SMILES string of the molecule is CCCCCCCCCC(C)C(C)CNC(C)C. The minimum Gasteiger partial charge on any atom is -0.314 e. The van der Waals surface area contributed by atoms with Crippen LogP contribution in [0.2, 0.25) is 0 Å². The van der Waals surface area contributed by atoms with E-state index < -0.39 is 0 Å². The molecule has 0 aromatic rings. The summed E-state index contributed by atoms with van der Waals surface area (Å²) in [6.45, 7) is 12.7. The Morgan fingerprint density at radius 3 is 1.83 bits per heavy atom. The first kappa shape index (κ1) is 18.0. The second-order valence-electron chi connectivity index (χ2n) is 6.43. The zero-order valence-corrected chi connectivity index (χ0v) is 13.6. The van der Waals surface area contributed by atoms with Gasteiger partial charge in [-0.15, -0.1) is 0 Å². The molecule has 1 nitrogen and oxygen atoms in total. The van der Waals surface area contributed by atoms with Crippen molar-refractivity contribution in [1.29, 1.82) is 0 Å². The van der Waals surface area contributed by atoms with Crippen molar-refractivity contribution in [1.82, 2.24) is 5.32 Å². The topological polar surface area (TPSA) is 12.0 Å². The quantitative estimate of drug-likeness (QED) is 0.461. The third-order valence-electron chi connectivity index (χ3n) is 4.08. The van der Waals surface area contributed by atoms with E-state index in [0.717, 1.165) is 11.8 Å². The summed E-state index contributed by atoms with van der Waals surface area (Å²) in [4.78, 5) is 0. The summed E-state index contributed by atoms with van der Waals surface area (Å²) in [5, 5.41) is 3.55. The summed E-state index contributed by atoms with van der Waals surface area (Å²) in [7, 11) is 0. The van der Waals surface area contributed by atoms with Crippen LogP contribution in [-0.2, 0) is 0 Å². The van der Waals surface area contributed by atoms with Crippen molar-refractivity contribution in [2.75, 3.05) is 6.54 Å². The predicted octanol–water partition coefficient (Wildman–Crippen LogP) is 5.40. The smallest absolute Gasteiger partial charge is 0.00104 e. The van der Waals surface area contributed by atoms with Crippen LogP contribution in [0.1, 0.15) is 86.0 Å². The van der Waals surface area contributed by atoms with Gasteiger partial charge in [-0.1, -0.05) is 86.0 Å². The molecule has 1 heteroatoms. The number of unbranched alkanes of at least 4 members (excludes halogenated alkanes) is 6. The van der Waals surface area contributed by atoms with Gasteiger partial charge in [0.1, 0.15) is 0 Å². The number of rotatable bonds is 12. The molecule has 1 N–H and O–H groups in total. The van der Waals surface area contributed by atoms with E-state index in [1.807, 2.05) is 0 Å². The predicted molar refractivity (Wildman–Crippen MR) is 84.1 cm³/mol. The molecule has 0 aliphatic rings. The summed E-state index contributed by atoms with van der Waals surface area (Å²) in [6, 6.07) is 0.623. The summed E-state index contributed by atoms with van der Waals surface area (Å²) < 4.78 is 0. The average molecular weight is 255 g/mol. The first-order valence-electron chi connectivity index (χ1n) is 8.31. The molecule has 18 heavy (non-hydrogen) atoms. The van der Waals surface area contributed by atoms with Crippen LogP contribution in [0.5, 0.6) is 0 Å². The third-order valence-corrected chi connectivity index (χ3v) is 4.08. The van der Waals surface area contributed by atoms with E-state index >= 15 is 0 Å². The lowest BCUT2D eigenvalue weighted by atomic mass is 9.90. The molecule has 0 fully saturated rings. The van der Waals surface area contributed by atoms with E-state index in [-0.39, 0.29) is 0 Å². The highest BCUT2D eigenvalue weighted by Crippen LogP contribution is 2.19. The van der Waals surface area contributed by atoms with E-state index in [0.29, 0.717) is 6.04 Å². The maximum Gasteiger partial charge on any atom is 0.00104 e. The van der Waals surface area contributed by atoms with E-state index in [1.165, 1.54) is 57.9 Å². The lowest BCUT2D eigenvalue weighted by Gasteiger charge is -2.21. The Labute approximate surface area is 116 Å². The molecule has 0 aliphatic heterocycles. The molecule has 0 saturated carbocycles. The first-order valence-corrected chi connectivity index (χ1v) is 8.31. The van der Waals surface area contributed by atoms with E-state index in [2.05, 4.69) is 39.9 Å². The highest BCUT2D eigenvalue weighted by atomic mass is 14.9. The van der Waals surface area contributed by atoms with E-state index in [1.54, 1.807) is 0 Å². The number of nitrogens with one attached hydrogen (secondary N) is 1. The molecular weight excluding hydrogens is 218 g/mol. The fourth-order valence-corrected chi connectivity index (χ4v) is 2.33. The monoisotopic (exact) mass is 255 g/mol. The highest BCUT2D eigenvalue weighted by molar-refractivity contribution is 4.66. The fourth-order valence-electron chi connectivity index (χ4n) is 2.33. The highest BCUT2D eigenvalue weighted by Gasteiger charge is 2.11. The van der Waals surface area contributed by atoms with Gasteiger partial charge in [0, 0.05) is 6.04 Å².